The summed E-state index contributed by atoms with van der Waals surface area (Å²) in [6.45, 7) is 1.97. The fraction of sp³-hybridized carbons (Fsp3) is 0.368. The van der Waals surface area contributed by atoms with Crippen LogP contribution in [-0.2, 0) is 0 Å². The van der Waals surface area contributed by atoms with Crippen LogP contribution in [0.2, 0.25) is 0 Å². The van der Waals surface area contributed by atoms with Crippen molar-refractivity contribution in [3.8, 4) is 6.07 Å². The van der Waals surface area contributed by atoms with Crippen LogP contribution < -0.4 is 15.1 Å². The van der Waals surface area contributed by atoms with Gasteiger partial charge in [0.1, 0.15) is 6.07 Å². The highest BCUT2D eigenvalue weighted by Crippen LogP contribution is 2.32. The Morgan fingerprint density at radius 2 is 1.96 bits per heavy atom. The molecule has 1 aliphatic heterocycles. The molecule has 0 atom stereocenters. The number of hydrogen-bond acceptors (Lipinski definition) is 5. The maximum absolute atomic E-state index is 12.5. The van der Waals surface area contributed by atoms with Gasteiger partial charge in [0.05, 0.1) is 11.4 Å². The Kier molecular flexibility index (Phi) is 4.94. The quantitative estimate of drug-likeness (QED) is 0.924. The summed E-state index contributed by atoms with van der Waals surface area (Å²) in [7, 11) is 4.00. The number of rotatable bonds is 4. The van der Waals surface area contributed by atoms with Gasteiger partial charge in [0.2, 0.25) is 5.76 Å². The molecule has 1 amide bonds. The number of benzene rings is 1. The average Bonchev–Trinajstić information content (AvgIpc) is 3.12. The lowest BCUT2D eigenvalue weighted by Gasteiger charge is -2.31. The summed E-state index contributed by atoms with van der Waals surface area (Å²) in [6.07, 6.45) is 3.56. The molecule has 0 spiro atoms. The van der Waals surface area contributed by atoms with Gasteiger partial charge >= 0.3 is 0 Å². The Morgan fingerprint density at radius 1 is 1.20 bits per heavy atom. The highest BCUT2D eigenvalue weighted by molar-refractivity contribution is 6.04. The number of nitrogens with zero attached hydrogens (tertiary/aromatic N) is 3. The van der Waals surface area contributed by atoms with Gasteiger partial charge in [-0.25, -0.2) is 0 Å². The zero-order valence-electron chi connectivity index (χ0n) is 14.6. The molecule has 1 aliphatic rings. The van der Waals surface area contributed by atoms with Crippen LogP contribution in [-0.4, -0.2) is 33.1 Å². The average molecular weight is 338 g/mol. The number of amides is 1. The van der Waals surface area contributed by atoms with Crippen molar-refractivity contribution >= 4 is 23.0 Å². The molecule has 1 fully saturated rings. The lowest BCUT2D eigenvalue weighted by Crippen LogP contribution is -2.30. The Morgan fingerprint density at radius 3 is 2.60 bits per heavy atom. The lowest BCUT2D eigenvalue weighted by molar-refractivity contribution is 0.0996. The molecule has 6 heteroatoms. The first-order valence-corrected chi connectivity index (χ1v) is 8.46. The van der Waals surface area contributed by atoms with Crippen LogP contribution in [0, 0.1) is 11.3 Å². The number of furan rings is 1. The summed E-state index contributed by atoms with van der Waals surface area (Å²) in [5.41, 5.74) is 2.86. The number of nitrogens with one attached hydrogen (secondary N) is 1. The number of carbonyl (C=O) groups excluding carboxylic acids is 1. The van der Waals surface area contributed by atoms with Gasteiger partial charge in [0.25, 0.3) is 5.91 Å². The van der Waals surface area contributed by atoms with Crippen LogP contribution in [0.5, 0.6) is 0 Å². The number of nitriles is 1. The van der Waals surface area contributed by atoms with E-state index in [-0.39, 0.29) is 17.4 Å². The molecule has 2 heterocycles. The van der Waals surface area contributed by atoms with Crippen molar-refractivity contribution in [2.24, 2.45) is 0 Å². The van der Waals surface area contributed by atoms with Crippen molar-refractivity contribution in [3.63, 3.8) is 0 Å². The number of carbonyl (C=O) groups is 1. The molecule has 1 N–H and O–H groups in total. The molecule has 0 radical (unpaired) electrons. The smallest absolute Gasteiger partial charge is 0.291 e. The second kappa shape index (κ2) is 7.31. The van der Waals surface area contributed by atoms with E-state index in [1.165, 1.54) is 18.6 Å². The lowest BCUT2D eigenvalue weighted by atomic mass is 10.1. The fourth-order valence-electron chi connectivity index (χ4n) is 3.00. The summed E-state index contributed by atoms with van der Waals surface area (Å²) in [5, 5.41) is 11.8. The first kappa shape index (κ1) is 16.9. The van der Waals surface area contributed by atoms with E-state index in [9.17, 15) is 4.79 Å². The van der Waals surface area contributed by atoms with Crippen LogP contribution in [0.15, 0.2) is 34.7 Å². The third-order valence-corrected chi connectivity index (χ3v) is 4.38. The monoisotopic (exact) mass is 338 g/mol. The molecule has 0 bridgehead atoms. The van der Waals surface area contributed by atoms with E-state index in [0.717, 1.165) is 43.0 Å². The van der Waals surface area contributed by atoms with Gasteiger partial charge in [-0.15, -0.1) is 0 Å². The van der Waals surface area contributed by atoms with Crippen molar-refractivity contribution in [2.45, 2.75) is 19.3 Å². The minimum absolute atomic E-state index is 0.129. The van der Waals surface area contributed by atoms with E-state index in [1.807, 2.05) is 37.2 Å². The highest BCUT2D eigenvalue weighted by atomic mass is 16.3. The van der Waals surface area contributed by atoms with Crippen molar-refractivity contribution < 1.29 is 9.21 Å². The molecular weight excluding hydrogens is 316 g/mol. The summed E-state index contributed by atoms with van der Waals surface area (Å²) < 4.78 is 5.22. The second-order valence-corrected chi connectivity index (χ2v) is 6.37. The first-order valence-electron chi connectivity index (χ1n) is 8.46. The number of piperidine rings is 1. The van der Waals surface area contributed by atoms with Crippen LogP contribution in [0.1, 0.15) is 35.6 Å². The molecule has 6 nitrogen and oxygen atoms in total. The largest absolute Gasteiger partial charge is 0.440 e. The molecule has 0 saturated carbocycles. The zero-order valence-corrected chi connectivity index (χ0v) is 14.6. The van der Waals surface area contributed by atoms with E-state index in [0.29, 0.717) is 0 Å². The van der Waals surface area contributed by atoms with Gasteiger partial charge in [-0.2, -0.15) is 5.26 Å². The van der Waals surface area contributed by atoms with E-state index >= 15 is 0 Å². The number of anilines is 3. The standard InChI is InChI=1S/C19H22N4O2/c1-22(2)14-6-8-16(17(12-14)23-10-4-3-5-11-23)21-19(24)18-9-7-15(13-20)25-18/h6-9,12H,3-5,10-11H2,1-2H3,(H,21,24). The van der Waals surface area contributed by atoms with Crippen molar-refractivity contribution in [3.05, 3.63) is 41.9 Å². The molecule has 0 unspecified atom stereocenters. The van der Waals surface area contributed by atoms with Crippen LogP contribution in [0.25, 0.3) is 0 Å². The van der Waals surface area contributed by atoms with Gasteiger partial charge in [-0.1, -0.05) is 0 Å². The molecule has 3 rings (SSSR count). The van der Waals surface area contributed by atoms with Crippen molar-refractivity contribution in [2.75, 3.05) is 42.3 Å². The summed E-state index contributed by atoms with van der Waals surface area (Å²) >= 11 is 0. The van der Waals surface area contributed by atoms with Crippen molar-refractivity contribution in [1.82, 2.24) is 0 Å². The van der Waals surface area contributed by atoms with Crippen LogP contribution in [0.3, 0.4) is 0 Å². The SMILES string of the molecule is CN(C)c1ccc(NC(=O)c2ccc(C#N)o2)c(N2CCCCC2)c1. The molecule has 2 aromatic rings. The second-order valence-electron chi connectivity index (χ2n) is 6.37. The summed E-state index contributed by atoms with van der Waals surface area (Å²) in [5.74, 6) is -0.0837. The van der Waals surface area contributed by atoms with Gasteiger partial charge in [-0.05, 0) is 49.6 Å². The minimum Gasteiger partial charge on any atom is -0.440 e. The van der Waals surface area contributed by atoms with E-state index < -0.39 is 0 Å². The predicted octanol–water partition coefficient (Wildman–Crippen LogP) is 3.46. The van der Waals surface area contributed by atoms with Crippen molar-refractivity contribution in [1.29, 1.82) is 5.26 Å². The summed E-state index contributed by atoms with van der Waals surface area (Å²) in [6, 6.07) is 10.9. The minimum atomic E-state index is -0.350. The van der Waals surface area contributed by atoms with E-state index in [2.05, 4.69) is 16.3 Å². The van der Waals surface area contributed by atoms with Crippen LogP contribution >= 0.6 is 0 Å². The van der Waals surface area contributed by atoms with Gasteiger partial charge in [-0.3, -0.25) is 4.79 Å². The third-order valence-electron chi connectivity index (χ3n) is 4.38. The topological polar surface area (TPSA) is 72.5 Å². The molecule has 1 saturated heterocycles. The van der Waals surface area contributed by atoms with Gasteiger partial charge in [0.15, 0.2) is 5.76 Å². The van der Waals surface area contributed by atoms with E-state index in [4.69, 9.17) is 9.68 Å². The summed E-state index contributed by atoms with van der Waals surface area (Å²) in [4.78, 5) is 16.8. The molecule has 1 aromatic carbocycles. The zero-order chi connectivity index (χ0) is 17.8. The maximum Gasteiger partial charge on any atom is 0.291 e. The van der Waals surface area contributed by atoms with Gasteiger partial charge < -0.3 is 19.5 Å². The Hall–Kier alpha value is -2.94. The molecule has 1 aromatic heterocycles. The molecule has 130 valence electrons. The van der Waals surface area contributed by atoms with E-state index in [1.54, 1.807) is 0 Å². The van der Waals surface area contributed by atoms with Crippen LogP contribution in [0.4, 0.5) is 17.1 Å². The third kappa shape index (κ3) is 3.77. The first-order chi connectivity index (χ1) is 12.1. The Balaban J connectivity index is 1.88. The molecular formula is C19H22N4O2. The highest BCUT2D eigenvalue weighted by Gasteiger charge is 2.19. The normalized spacial score (nSPS) is 14.0. The molecule has 25 heavy (non-hydrogen) atoms. The van der Waals surface area contributed by atoms with Gasteiger partial charge in [0, 0.05) is 32.9 Å². The fourth-order valence-corrected chi connectivity index (χ4v) is 3.00. The predicted molar refractivity (Wildman–Crippen MR) is 98.2 cm³/mol. The molecule has 0 aliphatic carbocycles. The maximum atomic E-state index is 12.5. The number of hydrogen-bond donors (Lipinski definition) is 1. The Bertz CT molecular complexity index is 798. The Labute approximate surface area is 147 Å².